The van der Waals surface area contributed by atoms with E-state index in [4.69, 9.17) is 0 Å². The molecular weight excluding hydrogens is 266 g/mol. The highest BCUT2D eigenvalue weighted by Crippen LogP contribution is 2.18. The van der Waals surface area contributed by atoms with Crippen molar-refractivity contribution in [1.29, 1.82) is 0 Å². The molecule has 2 fully saturated rings. The average molecular weight is 295 g/mol. The summed E-state index contributed by atoms with van der Waals surface area (Å²) in [5.74, 6) is 0.824. The van der Waals surface area contributed by atoms with E-state index in [9.17, 15) is 9.59 Å². The molecule has 0 spiro atoms. The molecule has 0 bridgehead atoms. The molecule has 2 rings (SSSR count). The van der Waals surface area contributed by atoms with Crippen LogP contribution in [-0.2, 0) is 9.59 Å². The fourth-order valence-electron chi connectivity index (χ4n) is 3.39. The number of nitrogens with zero attached hydrogens (tertiary/aromatic N) is 1. The molecule has 21 heavy (non-hydrogen) atoms. The fourth-order valence-corrected chi connectivity index (χ4v) is 3.39. The van der Waals surface area contributed by atoms with Gasteiger partial charge >= 0.3 is 0 Å². The first-order chi connectivity index (χ1) is 10.2. The zero-order chi connectivity index (χ0) is 15.1. The second-order valence-corrected chi connectivity index (χ2v) is 6.24. The molecule has 2 saturated heterocycles. The first-order valence-electron chi connectivity index (χ1n) is 8.50. The zero-order valence-corrected chi connectivity index (χ0v) is 13.2. The van der Waals surface area contributed by atoms with Crippen molar-refractivity contribution in [3.63, 3.8) is 0 Å². The van der Waals surface area contributed by atoms with Crippen molar-refractivity contribution in [1.82, 2.24) is 15.5 Å². The number of hydrogen-bond donors (Lipinski definition) is 2. The molecule has 2 aliphatic heterocycles. The number of hydrogen-bond acceptors (Lipinski definition) is 3. The minimum atomic E-state index is -0.240. The Balaban J connectivity index is 1.76. The highest BCUT2D eigenvalue weighted by atomic mass is 16.2. The lowest BCUT2D eigenvalue weighted by Gasteiger charge is -2.34. The van der Waals surface area contributed by atoms with Gasteiger partial charge in [-0.15, -0.1) is 0 Å². The maximum atomic E-state index is 12.3. The molecule has 2 N–H and O–H groups in total. The van der Waals surface area contributed by atoms with E-state index in [-0.39, 0.29) is 17.9 Å². The monoisotopic (exact) mass is 295 g/mol. The summed E-state index contributed by atoms with van der Waals surface area (Å²) < 4.78 is 0. The molecule has 2 aliphatic rings. The average Bonchev–Trinajstić information content (AvgIpc) is 2.55. The third kappa shape index (κ3) is 4.70. The molecule has 5 nitrogen and oxygen atoms in total. The molecule has 2 amide bonds. The van der Waals surface area contributed by atoms with E-state index in [1.165, 1.54) is 12.8 Å². The van der Waals surface area contributed by atoms with Crippen LogP contribution in [0, 0.1) is 5.92 Å². The van der Waals surface area contributed by atoms with Gasteiger partial charge in [0.2, 0.25) is 11.8 Å². The van der Waals surface area contributed by atoms with Gasteiger partial charge in [-0.3, -0.25) is 9.59 Å². The van der Waals surface area contributed by atoms with Crippen LogP contribution in [0.2, 0.25) is 0 Å². The summed E-state index contributed by atoms with van der Waals surface area (Å²) in [6, 6.07) is -0.240. The second kappa shape index (κ2) is 8.37. The Bertz CT molecular complexity index is 353. The third-order valence-corrected chi connectivity index (χ3v) is 4.68. The Morgan fingerprint density at radius 1 is 1.24 bits per heavy atom. The molecule has 120 valence electrons. The Hall–Kier alpha value is -1.10. The van der Waals surface area contributed by atoms with Gasteiger partial charge in [0.1, 0.15) is 6.04 Å². The lowest BCUT2D eigenvalue weighted by Crippen LogP contribution is -2.52. The number of piperidine rings is 2. The highest BCUT2D eigenvalue weighted by molar-refractivity contribution is 5.87. The van der Waals surface area contributed by atoms with Crippen LogP contribution in [-0.4, -0.2) is 48.9 Å². The SMILES string of the molecule is CCC(=O)N1CCCCC1C(=O)NCCC1CCCNC1. The summed E-state index contributed by atoms with van der Waals surface area (Å²) in [6.07, 6.45) is 6.88. The topological polar surface area (TPSA) is 61.4 Å². The van der Waals surface area contributed by atoms with Crippen molar-refractivity contribution in [2.75, 3.05) is 26.2 Å². The van der Waals surface area contributed by atoms with Crippen LogP contribution in [0.4, 0.5) is 0 Å². The summed E-state index contributed by atoms with van der Waals surface area (Å²) >= 11 is 0. The first-order valence-corrected chi connectivity index (χ1v) is 8.50. The van der Waals surface area contributed by atoms with Gasteiger partial charge in [0.05, 0.1) is 0 Å². The van der Waals surface area contributed by atoms with Gasteiger partial charge in [-0.2, -0.15) is 0 Å². The van der Waals surface area contributed by atoms with Crippen molar-refractivity contribution >= 4 is 11.8 Å². The predicted molar refractivity (Wildman–Crippen MR) is 82.9 cm³/mol. The first kappa shape index (κ1) is 16.3. The molecule has 0 aliphatic carbocycles. The Morgan fingerprint density at radius 3 is 2.81 bits per heavy atom. The van der Waals surface area contributed by atoms with Crippen LogP contribution in [0.25, 0.3) is 0 Å². The fraction of sp³-hybridized carbons (Fsp3) is 0.875. The van der Waals surface area contributed by atoms with Crippen LogP contribution in [0.15, 0.2) is 0 Å². The van der Waals surface area contributed by atoms with Gasteiger partial charge in [-0.1, -0.05) is 6.92 Å². The van der Waals surface area contributed by atoms with E-state index in [1.54, 1.807) is 4.90 Å². The van der Waals surface area contributed by atoms with E-state index in [0.29, 0.717) is 12.3 Å². The molecule has 2 atom stereocenters. The van der Waals surface area contributed by atoms with Gasteiger partial charge in [0, 0.05) is 19.5 Å². The van der Waals surface area contributed by atoms with Crippen LogP contribution in [0.1, 0.15) is 51.9 Å². The summed E-state index contributed by atoms with van der Waals surface area (Å²) in [7, 11) is 0. The van der Waals surface area contributed by atoms with E-state index in [0.717, 1.165) is 51.9 Å². The summed E-state index contributed by atoms with van der Waals surface area (Å²) in [4.78, 5) is 26.1. The van der Waals surface area contributed by atoms with Crippen LogP contribution in [0.5, 0.6) is 0 Å². The molecule has 0 aromatic heterocycles. The number of rotatable bonds is 5. The van der Waals surface area contributed by atoms with Crippen molar-refractivity contribution < 1.29 is 9.59 Å². The third-order valence-electron chi connectivity index (χ3n) is 4.68. The van der Waals surface area contributed by atoms with E-state index < -0.39 is 0 Å². The van der Waals surface area contributed by atoms with Crippen molar-refractivity contribution in [3.05, 3.63) is 0 Å². The maximum absolute atomic E-state index is 12.3. The molecule has 2 unspecified atom stereocenters. The van der Waals surface area contributed by atoms with Gasteiger partial charge in [0.15, 0.2) is 0 Å². The summed E-state index contributed by atoms with van der Waals surface area (Å²) in [5, 5.41) is 6.45. The Morgan fingerprint density at radius 2 is 2.10 bits per heavy atom. The minimum absolute atomic E-state index is 0.0419. The van der Waals surface area contributed by atoms with Gasteiger partial charge in [-0.05, 0) is 57.5 Å². The van der Waals surface area contributed by atoms with Crippen LogP contribution in [0.3, 0.4) is 0 Å². The van der Waals surface area contributed by atoms with Crippen molar-refractivity contribution in [2.45, 2.75) is 57.9 Å². The van der Waals surface area contributed by atoms with Crippen molar-refractivity contribution in [3.8, 4) is 0 Å². The lowest BCUT2D eigenvalue weighted by atomic mass is 9.96. The molecule has 0 saturated carbocycles. The molecular formula is C16H29N3O2. The minimum Gasteiger partial charge on any atom is -0.354 e. The summed E-state index contributed by atoms with van der Waals surface area (Å²) in [6.45, 7) is 5.52. The number of carbonyl (C=O) groups is 2. The largest absolute Gasteiger partial charge is 0.354 e. The quantitative estimate of drug-likeness (QED) is 0.803. The lowest BCUT2D eigenvalue weighted by molar-refractivity contribution is -0.142. The van der Waals surface area contributed by atoms with Crippen LogP contribution >= 0.6 is 0 Å². The molecule has 0 aromatic rings. The maximum Gasteiger partial charge on any atom is 0.242 e. The number of amides is 2. The number of likely N-dealkylation sites (tertiary alicyclic amines) is 1. The number of carbonyl (C=O) groups excluding carboxylic acids is 2. The molecule has 5 heteroatoms. The van der Waals surface area contributed by atoms with E-state index in [1.807, 2.05) is 6.92 Å². The molecule has 0 aromatic carbocycles. The number of nitrogens with one attached hydrogen (secondary N) is 2. The predicted octanol–water partition coefficient (Wildman–Crippen LogP) is 1.28. The van der Waals surface area contributed by atoms with Crippen molar-refractivity contribution in [2.24, 2.45) is 5.92 Å². The highest BCUT2D eigenvalue weighted by Gasteiger charge is 2.31. The van der Waals surface area contributed by atoms with Gasteiger partial charge < -0.3 is 15.5 Å². The van der Waals surface area contributed by atoms with Crippen LogP contribution < -0.4 is 10.6 Å². The zero-order valence-electron chi connectivity index (χ0n) is 13.2. The van der Waals surface area contributed by atoms with Gasteiger partial charge in [-0.25, -0.2) is 0 Å². The summed E-state index contributed by atoms with van der Waals surface area (Å²) in [5.41, 5.74) is 0. The smallest absolute Gasteiger partial charge is 0.242 e. The molecule has 2 heterocycles. The van der Waals surface area contributed by atoms with E-state index in [2.05, 4.69) is 10.6 Å². The molecule has 0 radical (unpaired) electrons. The van der Waals surface area contributed by atoms with Gasteiger partial charge in [0.25, 0.3) is 0 Å². The Labute approximate surface area is 127 Å². The van der Waals surface area contributed by atoms with E-state index >= 15 is 0 Å². The normalized spacial score (nSPS) is 26.4. The standard InChI is InChI=1S/C16H29N3O2/c1-2-15(20)19-11-4-3-7-14(19)16(21)18-10-8-13-6-5-9-17-12-13/h13-14,17H,2-12H2,1H3,(H,18,21). The Kier molecular flexibility index (Phi) is 6.49. The second-order valence-electron chi connectivity index (χ2n) is 6.24.